The fraction of sp³-hybridized carbons (Fsp3) is 0.250. The average molecular weight is 386 g/mol. The second kappa shape index (κ2) is 7.64. The maximum absolute atomic E-state index is 13.1. The van der Waals surface area contributed by atoms with Crippen LogP contribution in [0, 0.1) is 6.92 Å². The second-order valence-electron chi connectivity index (χ2n) is 6.63. The van der Waals surface area contributed by atoms with Crippen LogP contribution >= 0.6 is 0 Å². The van der Waals surface area contributed by atoms with E-state index in [0.29, 0.717) is 0 Å². The van der Waals surface area contributed by atoms with Gasteiger partial charge in [0.1, 0.15) is 0 Å². The van der Waals surface area contributed by atoms with Crippen LogP contribution < -0.4 is 15.0 Å². The minimum atomic E-state index is -3.78. The third kappa shape index (κ3) is 3.95. The lowest BCUT2D eigenvalue weighted by atomic mass is 9.95. The number of sulfonamides is 1. The van der Waals surface area contributed by atoms with Crippen molar-refractivity contribution in [3.05, 3.63) is 83.8 Å². The van der Waals surface area contributed by atoms with Crippen LogP contribution in [0.4, 0.5) is 0 Å². The molecule has 0 aliphatic heterocycles. The van der Waals surface area contributed by atoms with Crippen molar-refractivity contribution >= 4 is 10.0 Å². The number of nitrogens with zero attached hydrogens (tertiary/aromatic N) is 2. The molecule has 0 radical (unpaired) electrons. The lowest BCUT2D eigenvalue weighted by Gasteiger charge is -2.25. The molecule has 0 spiro atoms. The number of hydrogen-bond acceptors (Lipinski definition) is 3. The molecule has 0 bridgehead atoms. The molecule has 2 atom stereocenters. The van der Waals surface area contributed by atoms with Crippen molar-refractivity contribution in [1.29, 1.82) is 0 Å². The zero-order valence-corrected chi connectivity index (χ0v) is 16.5. The van der Waals surface area contributed by atoms with E-state index in [4.69, 9.17) is 5.73 Å². The molecule has 0 fully saturated rings. The summed E-state index contributed by atoms with van der Waals surface area (Å²) in [6, 6.07) is 17.8. The summed E-state index contributed by atoms with van der Waals surface area (Å²) in [7, 11) is -0.228. The predicted octanol–water partition coefficient (Wildman–Crippen LogP) is 1.88. The van der Waals surface area contributed by atoms with Gasteiger partial charge in [0.2, 0.25) is 0 Å². The van der Waals surface area contributed by atoms with Gasteiger partial charge >= 0.3 is 0 Å². The van der Waals surface area contributed by atoms with E-state index in [0.717, 1.165) is 17.0 Å². The van der Waals surface area contributed by atoms with Crippen LogP contribution in [-0.2, 0) is 24.1 Å². The van der Waals surface area contributed by atoms with Crippen LogP contribution in [0.2, 0.25) is 0 Å². The van der Waals surface area contributed by atoms with Crippen molar-refractivity contribution in [2.24, 2.45) is 19.8 Å². The number of nitrogens with one attached hydrogen (secondary N) is 1. The van der Waals surface area contributed by atoms with Gasteiger partial charge in [-0.05, 0) is 11.1 Å². The Morgan fingerprint density at radius 2 is 1.52 bits per heavy atom. The molecule has 0 amide bonds. The van der Waals surface area contributed by atoms with Crippen LogP contribution in [0.1, 0.15) is 29.0 Å². The Morgan fingerprint density at radius 1 is 1.00 bits per heavy atom. The highest BCUT2D eigenvalue weighted by Gasteiger charge is 2.32. The number of aromatic nitrogens is 2. The summed E-state index contributed by atoms with van der Waals surface area (Å²) in [5.74, 6) is 0.832. The van der Waals surface area contributed by atoms with Crippen LogP contribution in [0.15, 0.2) is 71.9 Å². The molecule has 0 unspecified atom stereocenters. The molecule has 27 heavy (non-hydrogen) atoms. The Labute approximate surface area is 160 Å². The van der Waals surface area contributed by atoms with E-state index in [-0.39, 0.29) is 5.03 Å². The number of imidazole rings is 1. The number of nitrogens with two attached hydrogens (primary N) is 1. The minimum absolute atomic E-state index is 0.198. The number of benzene rings is 2. The predicted molar refractivity (Wildman–Crippen MR) is 104 cm³/mol. The van der Waals surface area contributed by atoms with Gasteiger partial charge in [-0.3, -0.25) is 0 Å². The second-order valence-corrected chi connectivity index (χ2v) is 8.29. The molecule has 1 heterocycles. The summed E-state index contributed by atoms with van der Waals surface area (Å²) in [6.07, 6.45) is 1.60. The molecule has 0 aliphatic carbocycles. The molecular formula is C20H25N4O2S+. The smallest absolute Gasteiger partial charge is 0.282 e. The summed E-state index contributed by atoms with van der Waals surface area (Å²) in [5, 5.41) is 0.198. The van der Waals surface area contributed by atoms with E-state index in [1.807, 2.05) is 74.6 Å². The fourth-order valence-electron chi connectivity index (χ4n) is 3.10. The Morgan fingerprint density at radius 3 is 2.00 bits per heavy atom. The van der Waals surface area contributed by atoms with Gasteiger partial charge in [0.25, 0.3) is 20.9 Å². The fourth-order valence-corrected chi connectivity index (χ4v) is 4.62. The molecule has 142 valence electrons. The molecule has 3 aromatic rings. The van der Waals surface area contributed by atoms with Crippen LogP contribution in [0.5, 0.6) is 0 Å². The van der Waals surface area contributed by atoms with Crippen molar-refractivity contribution in [2.45, 2.75) is 24.0 Å². The first-order valence-electron chi connectivity index (χ1n) is 8.71. The first-order valence-corrected chi connectivity index (χ1v) is 10.2. The summed E-state index contributed by atoms with van der Waals surface area (Å²) < 4.78 is 32.5. The average Bonchev–Trinajstić information content (AvgIpc) is 2.95. The Hall–Kier alpha value is -2.48. The number of aryl methyl sites for hydroxylation is 1. The highest BCUT2D eigenvalue weighted by molar-refractivity contribution is 7.89. The van der Waals surface area contributed by atoms with Crippen LogP contribution in [0.3, 0.4) is 0 Å². The lowest BCUT2D eigenvalue weighted by Crippen LogP contribution is -2.36. The van der Waals surface area contributed by atoms with E-state index in [1.54, 1.807) is 22.4 Å². The van der Waals surface area contributed by atoms with Crippen LogP contribution in [-0.4, -0.2) is 13.0 Å². The maximum atomic E-state index is 13.1. The van der Waals surface area contributed by atoms with Gasteiger partial charge in [-0.1, -0.05) is 60.7 Å². The standard InChI is InChI=1S/C20H25N4O2S/c1-15-23(2)14-18(24(15)3)27(25,26)22-20(17-12-8-5-9-13-17)19(21)16-10-6-4-7-11-16/h4-14,19-20,22H,21H2,1-3H3/q+1/t19-,20-/m0/s1. The molecule has 2 aromatic carbocycles. The van der Waals surface area contributed by atoms with Crippen molar-refractivity contribution < 1.29 is 13.0 Å². The first kappa shape index (κ1) is 19.3. The Kier molecular flexibility index (Phi) is 5.46. The molecule has 1 aromatic heterocycles. The molecule has 3 N–H and O–H groups in total. The summed E-state index contributed by atoms with van der Waals surface area (Å²) in [6.45, 7) is 1.86. The topological polar surface area (TPSA) is 81.0 Å². The number of rotatable bonds is 6. The summed E-state index contributed by atoms with van der Waals surface area (Å²) >= 11 is 0. The van der Waals surface area contributed by atoms with Crippen molar-refractivity contribution in [3.8, 4) is 0 Å². The minimum Gasteiger partial charge on any atom is -0.322 e. The largest absolute Gasteiger partial charge is 0.322 e. The van der Waals surface area contributed by atoms with Gasteiger partial charge in [0, 0.05) is 6.92 Å². The summed E-state index contributed by atoms with van der Waals surface area (Å²) in [5.41, 5.74) is 8.17. The lowest BCUT2D eigenvalue weighted by molar-refractivity contribution is -0.678. The maximum Gasteiger partial charge on any atom is 0.282 e. The summed E-state index contributed by atoms with van der Waals surface area (Å²) in [4.78, 5) is 0. The molecule has 7 heteroatoms. The van der Waals surface area contributed by atoms with E-state index in [2.05, 4.69) is 4.72 Å². The molecule has 3 rings (SSSR count). The molecule has 6 nitrogen and oxygen atoms in total. The van der Waals surface area contributed by atoms with Gasteiger partial charge in [-0.15, -0.1) is 0 Å². The van der Waals surface area contributed by atoms with Gasteiger partial charge in [-0.2, -0.15) is 4.72 Å². The van der Waals surface area contributed by atoms with Crippen molar-refractivity contribution in [2.75, 3.05) is 0 Å². The van der Waals surface area contributed by atoms with Crippen molar-refractivity contribution in [3.63, 3.8) is 0 Å². The Bertz CT molecular complexity index is 1010. The van der Waals surface area contributed by atoms with Gasteiger partial charge in [0.05, 0.1) is 26.2 Å². The molecule has 0 saturated carbocycles. The SMILES string of the molecule is Cc1n(C)c(S(=O)(=O)N[C@@H](c2ccccc2)[C@@H](N)c2ccccc2)c[n+]1C. The molecule has 0 saturated heterocycles. The number of hydrogen-bond donors (Lipinski definition) is 2. The van der Waals surface area contributed by atoms with Gasteiger partial charge < -0.3 is 5.73 Å². The van der Waals surface area contributed by atoms with E-state index in [9.17, 15) is 8.42 Å². The van der Waals surface area contributed by atoms with Gasteiger partial charge in [-0.25, -0.2) is 17.6 Å². The van der Waals surface area contributed by atoms with Gasteiger partial charge in [0.15, 0.2) is 6.20 Å². The zero-order chi connectivity index (χ0) is 19.6. The normalized spacial score (nSPS) is 14.1. The first-order chi connectivity index (χ1) is 12.8. The van der Waals surface area contributed by atoms with E-state index in [1.165, 1.54) is 0 Å². The van der Waals surface area contributed by atoms with E-state index >= 15 is 0 Å². The van der Waals surface area contributed by atoms with Crippen molar-refractivity contribution in [1.82, 2.24) is 9.29 Å². The highest BCUT2D eigenvalue weighted by Crippen LogP contribution is 2.28. The molecular weight excluding hydrogens is 360 g/mol. The quantitative estimate of drug-likeness (QED) is 0.636. The monoisotopic (exact) mass is 385 g/mol. The Balaban J connectivity index is 2.02. The third-order valence-electron chi connectivity index (χ3n) is 4.89. The van der Waals surface area contributed by atoms with Crippen LogP contribution in [0.25, 0.3) is 0 Å². The molecule has 0 aliphatic rings. The third-order valence-corrected chi connectivity index (χ3v) is 6.38. The zero-order valence-electron chi connectivity index (χ0n) is 15.7. The highest BCUT2D eigenvalue weighted by atomic mass is 32.2. The van der Waals surface area contributed by atoms with E-state index < -0.39 is 22.1 Å².